The first-order valence-electron chi connectivity index (χ1n) is 8.32. The fourth-order valence-electron chi connectivity index (χ4n) is 2.78. The van der Waals surface area contributed by atoms with E-state index < -0.39 is 6.03 Å². The molecule has 0 radical (unpaired) electrons. The van der Waals surface area contributed by atoms with Crippen molar-refractivity contribution in [3.63, 3.8) is 0 Å². The number of pyridine rings is 2. The van der Waals surface area contributed by atoms with Crippen molar-refractivity contribution >= 4 is 57.6 Å². The number of carbonyl (C=O) groups is 1. The van der Waals surface area contributed by atoms with Crippen molar-refractivity contribution in [3.05, 3.63) is 34.1 Å². The third kappa shape index (κ3) is 4.05. The van der Waals surface area contributed by atoms with Gasteiger partial charge in [-0.15, -0.1) is 0 Å². The van der Waals surface area contributed by atoms with Crippen molar-refractivity contribution in [2.24, 2.45) is 7.05 Å². The van der Waals surface area contributed by atoms with Gasteiger partial charge in [-0.1, -0.05) is 23.2 Å². The number of hydrazine groups is 1. The van der Waals surface area contributed by atoms with E-state index in [1.165, 1.54) is 17.1 Å². The molecule has 2 amide bonds. The number of aryl methyl sites for hydroxylation is 2. The lowest BCUT2D eigenvalue weighted by Gasteiger charge is -2.20. The molecule has 0 aliphatic heterocycles. The summed E-state index contributed by atoms with van der Waals surface area (Å²) in [6, 6.07) is 4.41. The fraction of sp³-hybridized carbons (Fsp3) is 0.294. The lowest BCUT2D eigenvalue weighted by atomic mass is 10.2. The van der Waals surface area contributed by atoms with Crippen LogP contribution in [0.5, 0.6) is 0 Å². The molecule has 0 fully saturated rings. The zero-order valence-electron chi connectivity index (χ0n) is 16.1. The number of anilines is 3. The number of rotatable bonds is 4. The van der Waals surface area contributed by atoms with Crippen LogP contribution in [0.3, 0.4) is 0 Å². The van der Waals surface area contributed by atoms with E-state index in [1.807, 2.05) is 39.0 Å². The van der Waals surface area contributed by atoms with Gasteiger partial charge in [-0.3, -0.25) is 5.01 Å². The molecule has 0 spiro atoms. The van der Waals surface area contributed by atoms with Crippen molar-refractivity contribution < 1.29 is 4.79 Å². The molecule has 148 valence electrons. The van der Waals surface area contributed by atoms with Crippen LogP contribution in [0.2, 0.25) is 10.3 Å². The van der Waals surface area contributed by atoms with Crippen molar-refractivity contribution in [1.29, 1.82) is 0 Å². The summed E-state index contributed by atoms with van der Waals surface area (Å²) in [5.74, 6) is 1.41. The molecule has 28 heavy (non-hydrogen) atoms. The second-order valence-electron chi connectivity index (χ2n) is 6.46. The maximum Gasteiger partial charge on any atom is 0.338 e. The van der Waals surface area contributed by atoms with Gasteiger partial charge in [0.05, 0.1) is 5.39 Å². The highest BCUT2D eigenvalue weighted by Crippen LogP contribution is 2.29. The van der Waals surface area contributed by atoms with Gasteiger partial charge in [0.15, 0.2) is 11.5 Å². The number of fused-ring (bicyclic) bond motifs is 1. The van der Waals surface area contributed by atoms with E-state index in [2.05, 4.69) is 25.8 Å². The zero-order valence-corrected chi connectivity index (χ0v) is 17.6. The molecular weight excluding hydrogens is 403 g/mol. The number of aromatic nitrogens is 4. The number of amides is 2. The molecule has 3 aromatic heterocycles. The Labute approximate surface area is 172 Å². The van der Waals surface area contributed by atoms with E-state index in [1.54, 1.807) is 11.7 Å². The number of urea groups is 1. The average molecular weight is 423 g/mol. The van der Waals surface area contributed by atoms with Gasteiger partial charge in [0, 0.05) is 33.9 Å². The van der Waals surface area contributed by atoms with Crippen LogP contribution in [0.25, 0.3) is 11.0 Å². The van der Waals surface area contributed by atoms with E-state index in [-0.39, 0.29) is 10.3 Å². The maximum absolute atomic E-state index is 12.3. The monoisotopic (exact) mass is 422 g/mol. The first-order valence-corrected chi connectivity index (χ1v) is 9.07. The molecule has 0 saturated carbocycles. The van der Waals surface area contributed by atoms with E-state index in [0.29, 0.717) is 11.5 Å². The predicted octanol–water partition coefficient (Wildman–Crippen LogP) is 3.22. The van der Waals surface area contributed by atoms with Crippen LogP contribution in [-0.2, 0) is 7.05 Å². The van der Waals surface area contributed by atoms with Crippen LogP contribution in [0, 0.1) is 6.92 Å². The van der Waals surface area contributed by atoms with Crippen molar-refractivity contribution in [2.45, 2.75) is 6.92 Å². The molecule has 0 atom stereocenters. The Hall–Kier alpha value is -2.78. The van der Waals surface area contributed by atoms with Crippen LogP contribution >= 0.6 is 23.2 Å². The smallest absolute Gasteiger partial charge is 0.338 e. The van der Waals surface area contributed by atoms with E-state index in [9.17, 15) is 4.79 Å². The number of hydrogen-bond acceptors (Lipinski definition) is 6. The van der Waals surface area contributed by atoms with Gasteiger partial charge in [-0.05, 0) is 30.7 Å². The molecule has 0 unspecified atom stereocenters. The molecule has 0 aliphatic rings. The average Bonchev–Trinajstić information content (AvgIpc) is 2.91. The lowest BCUT2D eigenvalue weighted by molar-refractivity contribution is 0.251. The first-order chi connectivity index (χ1) is 13.2. The number of halogens is 2. The summed E-state index contributed by atoms with van der Waals surface area (Å²) < 4.78 is 1.72. The molecule has 3 rings (SSSR count). The van der Waals surface area contributed by atoms with Gasteiger partial charge >= 0.3 is 6.03 Å². The summed E-state index contributed by atoms with van der Waals surface area (Å²) in [4.78, 5) is 22.7. The zero-order chi connectivity index (χ0) is 20.6. The van der Waals surface area contributed by atoms with E-state index in [4.69, 9.17) is 23.2 Å². The standard InChI is InChI=1S/C17H20Cl2N8O/c1-9-6-13(22-15-14(9)16(25(2)3)23-27(15)5)26(4)24-17(28)20-10-7-11(18)21-12(19)8-10/h6-8H,1-5H3,(H2,20,21,24,28). The third-order valence-electron chi connectivity index (χ3n) is 4.02. The van der Waals surface area contributed by atoms with E-state index >= 15 is 0 Å². The highest BCUT2D eigenvalue weighted by Gasteiger charge is 2.17. The summed E-state index contributed by atoms with van der Waals surface area (Å²) in [7, 11) is 7.40. The number of nitrogens with one attached hydrogen (secondary N) is 2. The van der Waals surface area contributed by atoms with Gasteiger partial charge in [0.2, 0.25) is 0 Å². The minimum atomic E-state index is -0.473. The number of hydrogen-bond donors (Lipinski definition) is 2. The first kappa shape index (κ1) is 20.0. The van der Waals surface area contributed by atoms with Crippen LogP contribution < -0.4 is 20.7 Å². The summed E-state index contributed by atoms with van der Waals surface area (Å²) >= 11 is 11.7. The van der Waals surface area contributed by atoms with E-state index in [0.717, 1.165) is 22.4 Å². The summed E-state index contributed by atoms with van der Waals surface area (Å²) in [5, 5.41) is 10.0. The maximum atomic E-state index is 12.3. The second kappa shape index (κ2) is 7.69. The Morgan fingerprint density at radius 2 is 1.75 bits per heavy atom. The topological polar surface area (TPSA) is 91.2 Å². The van der Waals surface area contributed by atoms with Gasteiger partial charge in [0.25, 0.3) is 0 Å². The number of carbonyl (C=O) groups excluding carboxylic acids is 1. The molecule has 0 saturated heterocycles. The predicted molar refractivity (Wildman–Crippen MR) is 112 cm³/mol. The minimum Gasteiger partial charge on any atom is -0.361 e. The quantitative estimate of drug-likeness (QED) is 0.495. The van der Waals surface area contributed by atoms with Gasteiger partial charge in [0.1, 0.15) is 16.1 Å². The Bertz CT molecular complexity index is 1030. The summed E-state index contributed by atoms with van der Waals surface area (Å²) in [5.41, 5.74) is 4.85. The van der Waals surface area contributed by atoms with Crippen molar-refractivity contribution in [3.8, 4) is 0 Å². The SMILES string of the molecule is Cc1cc(N(C)NC(=O)Nc2cc(Cl)nc(Cl)c2)nc2c1c(N(C)C)nn2C. The van der Waals surface area contributed by atoms with Crippen LogP contribution in [0.1, 0.15) is 5.56 Å². The Morgan fingerprint density at radius 3 is 2.36 bits per heavy atom. The summed E-state index contributed by atoms with van der Waals surface area (Å²) in [6.07, 6.45) is 0. The molecule has 11 heteroatoms. The third-order valence-corrected chi connectivity index (χ3v) is 4.40. The molecule has 9 nitrogen and oxygen atoms in total. The van der Waals surface area contributed by atoms with Crippen LogP contribution in [-0.4, -0.2) is 46.9 Å². The van der Waals surface area contributed by atoms with Crippen LogP contribution in [0.4, 0.5) is 22.1 Å². The fourth-order valence-corrected chi connectivity index (χ4v) is 3.24. The Balaban J connectivity index is 1.82. The minimum absolute atomic E-state index is 0.187. The van der Waals surface area contributed by atoms with Gasteiger partial charge in [-0.2, -0.15) is 5.10 Å². The molecule has 3 heterocycles. The Morgan fingerprint density at radius 1 is 1.11 bits per heavy atom. The largest absolute Gasteiger partial charge is 0.361 e. The molecule has 0 bridgehead atoms. The highest BCUT2D eigenvalue weighted by molar-refractivity contribution is 6.33. The summed E-state index contributed by atoms with van der Waals surface area (Å²) in [6.45, 7) is 1.98. The van der Waals surface area contributed by atoms with Gasteiger partial charge < -0.3 is 10.2 Å². The van der Waals surface area contributed by atoms with Gasteiger partial charge in [-0.25, -0.2) is 24.9 Å². The normalized spacial score (nSPS) is 10.8. The van der Waals surface area contributed by atoms with Crippen molar-refractivity contribution in [2.75, 3.05) is 36.4 Å². The molecule has 0 aromatic carbocycles. The van der Waals surface area contributed by atoms with Crippen molar-refractivity contribution in [1.82, 2.24) is 25.2 Å². The molecule has 2 N–H and O–H groups in total. The lowest BCUT2D eigenvalue weighted by Crippen LogP contribution is -2.42. The second-order valence-corrected chi connectivity index (χ2v) is 7.24. The molecule has 0 aliphatic carbocycles. The molecular formula is C17H20Cl2N8O. The number of nitrogens with zero attached hydrogens (tertiary/aromatic N) is 6. The highest BCUT2D eigenvalue weighted by atomic mass is 35.5. The van der Waals surface area contributed by atoms with Crippen LogP contribution in [0.15, 0.2) is 18.2 Å². The molecule has 3 aromatic rings. The Kier molecular flexibility index (Phi) is 5.48.